The highest BCUT2D eigenvalue weighted by molar-refractivity contribution is 7.89. The lowest BCUT2D eigenvalue weighted by atomic mass is 10.0. The predicted octanol–water partition coefficient (Wildman–Crippen LogP) is 1.67. The highest BCUT2D eigenvalue weighted by atomic mass is 32.2. The Morgan fingerprint density at radius 3 is 2.68 bits per heavy atom. The number of aliphatic hydroxyl groups is 1. The van der Waals surface area contributed by atoms with Gasteiger partial charge in [-0.15, -0.1) is 0 Å². The van der Waals surface area contributed by atoms with Crippen molar-refractivity contribution in [1.82, 2.24) is 4.31 Å². The van der Waals surface area contributed by atoms with Crippen LogP contribution in [0.15, 0.2) is 23.1 Å². The Labute approximate surface area is 112 Å². The van der Waals surface area contributed by atoms with Gasteiger partial charge in [-0.25, -0.2) is 12.8 Å². The molecule has 1 fully saturated rings. The van der Waals surface area contributed by atoms with Crippen molar-refractivity contribution in [1.29, 1.82) is 0 Å². The van der Waals surface area contributed by atoms with Gasteiger partial charge in [0.15, 0.2) is 0 Å². The van der Waals surface area contributed by atoms with E-state index in [1.54, 1.807) is 13.8 Å². The number of nitrogens with zero attached hydrogens (tertiary/aromatic N) is 1. The molecule has 1 N–H and O–H groups in total. The summed E-state index contributed by atoms with van der Waals surface area (Å²) in [5.74, 6) is -0.446. The second-order valence-electron chi connectivity index (χ2n) is 5.05. The molecule has 6 heteroatoms. The van der Waals surface area contributed by atoms with Gasteiger partial charge in [0.05, 0.1) is 11.0 Å². The molecule has 2 atom stereocenters. The van der Waals surface area contributed by atoms with E-state index in [0.29, 0.717) is 24.9 Å². The van der Waals surface area contributed by atoms with Crippen molar-refractivity contribution in [2.75, 3.05) is 6.54 Å². The summed E-state index contributed by atoms with van der Waals surface area (Å²) in [5, 5.41) is 9.55. The number of piperidine rings is 1. The number of hydrogen-bond donors (Lipinski definition) is 1. The smallest absolute Gasteiger partial charge is 0.243 e. The molecule has 1 saturated heterocycles. The van der Waals surface area contributed by atoms with Gasteiger partial charge in [-0.05, 0) is 50.5 Å². The van der Waals surface area contributed by atoms with Crippen molar-refractivity contribution in [2.24, 2.45) is 0 Å². The minimum Gasteiger partial charge on any atom is -0.393 e. The fraction of sp³-hybridized carbons (Fsp3) is 0.538. The third kappa shape index (κ3) is 2.80. The predicted molar refractivity (Wildman–Crippen MR) is 69.7 cm³/mol. The van der Waals surface area contributed by atoms with Gasteiger partial charge in [-0.1, -0.05) is 0 Å². The molecule has 2 unspecified atom stereocenters. The van der Waals surface area contributed by atoms with Crippen LogP contribution in [0.4, 0.5) is 4.39 Å². The van der Waals surface area contributed by atoms with Crippen LogP contribution in [0.25, 0.3) is 0 Å². The zero-order chi connectivity index (χ0) is 14.2. The molecular formula is C13H18FNO3S. The van der Waals surface area contributed by atoms with Crippen molar-refractivity contribution in [3.05, 3.63) is 29.6 Å². The fourth-order valence-electron chi connectivity index (χ4n) is 2.51. The molecule has 1 aromatic rings. The van der Waals surface area contributed by atoms with E-state index >= 15 is 0 Å². The first-order valence-corrected chi connectivity index (χ1v) is 7.72. The first kappa shape index (κ1) is 14.4. The van der Waals surface area contributed by atoms with E-state index in [4.69, 9.17) is 0 Å². The molecule has 4 nitrogen and oxygen atoms in total. The number of aliphatic hydroxyl groups excluding tert-OH is 1. The summed E-state index contributed by atoms with van der Waals surface area (Å²) in [5.41, 5.74) is 0.401. The van der Waals surface area contributed by atoms with Gasteiger partial charge in [-0.3, -0.25) is 0 Å². The molecule has 1 aromatic carbocycles. The van der Waals surface area contributed by atoms with Crippen molar-refractivity contribution in [2.45, 2.75) is 43.7 Å². The minimum atomic E-state index is -3.63. The van der Waals surface area contributed by atoms with E-state index < -0.39 is 21.9 Å². The molecule has 0 amide bonds. The third-order valence-electron chi connectivity index (χ3n) is 3.51. The molecular weight excluding hydrogens is 269 g/mol. The van der Waals surface area contributed by atoms with Gasteiger partial charge in [0.25, 0.3) is 0 Å². The quantitative estimate of drug-likeness (QED) is 0.900. The van der Waals surface area contributed by atoms with Crippen LogP contribution in [0.1, 0.15) is 25.3 Å². The zero-order valence-electron chi connectivity index (χ0n) is 11.0. The average molecular weight is 287 g/mol. The molecule has 0 radical (unpaired) electrons. The van der Waals surface area contributed by atoms with E-state index in [-0.39, 0.29) is 10.9 Å². The molecule has 0 bridgehead atoms. The minimum absolute atomic E-state index is 0.136. The summed E-state index contributed by atoms with van der Waals surface area (Å²) in [6, 6.07) is 3.43. The van der Waals surface area contributed by atoms with Gasteiger partial charge in [0, 0.05) is 12.6 Å². The zero-order valence-corrected chi connectivity index (χ0v) is 11.8. The average Bonchev–Trinajstić information content (AvgIpc) is 2.27. The summed E-state index contributed by atoms with van der Waals surface area (Å²) in [4.78, 5) is 0.136. The van der Waals surface area contributed by atoms with Gasteiger partial charge >= 0.3 is 0 Å². The van der Waals surface area contributed by atoms with Crippen LogP contribution in [0.2, 0.25) is 0 Å². The Morgan fingerprint density at radius 1 is 1.42 bits per heavy atom. The fourth-order valence-corrected chi connectivity index (χ4v) is 4.38. The Bertz CT molecular complexity index is 573. The summed E-state index contributed by atoms with van der Waals surface area (Å²) in [6.07, 6.45) is 0.416. The second kappa shape index (κ2) is 5.19. The maximum Gasteiger partial charge on any atom is 0.243 e. The number of hydrogen-bond acceptors (Lipinski definition) is 3. The van der Waals surface area contributed by atoms with Gasteiger partial charge in [0.2, 0.25) is 10.0 Å². The summed E-state index contributed by atoms with van der Waals surface area (Å²) in [7, 11) is -3.63. The Hall–Kier alpha value is -0.980. The second-order valence-corrected chi connectivity index (χ2v) is 6.91. The van der Waals surface area contributed by atoms with Crippen molar-refractivity contribution in [3.63, 3.8) is 0 Å². The lowest BCUT2D eigenvalue weighted by Gasteiger charge is -2.35. The van der Waals surface area contributed by atoms with Crippen LogP contribution in [-0.4, -0.2) is 36.5 Å². The Morgan fingerprint density at radius 2 is 2.11 bits per heavy atom. The van der Waals surface area contributed by atoms with Crippen LogP contribution in [0.5, 0.6) is 0 Å². The van der Waals surface area contributed by atoms with E-state index in [0.717, 1.165) is 6.07 Å². The number of rotatable bonds is 2. The van der Waals surface area contributed by atoms with E-state index in [1.165, 1.54) is 16.4 Å². The molecule has 1 aliphatic rings. The van der Waals surface area contributed by atoms with Crippen LogP contribution in [0.3, 0.4) is 0 Å². The first-order valence-electron chi connectivity index (χ1n) is 6.28. The van der Waals surface area contributed by atoms with Crippen molar-refractivity contribution < 1.29 is 17.9 Å². The normalized spacial score (nSPS) is 25.5. The van der Waals surface area contributed by atoms with Crippen LogP contribution < -0.4 is 0 Å². The SMILES string of the molecule is Cc1cc(F)ccc1S(=O)(=O)N1CCC(O)CC1C. The number of sulfonamides is 1. The summed E-state index contributed by atoms with van der Waals surface area (Å²) < 4.78 is 39.6. The lowest BCUT2D eigenvalue weighted by Crippen LogP contribution is -2.46. The molecule has 2 rings (SSSR count). The van der Waals surface area contributed by atoms with E-state index in [1.807, 2.05) is 0 Å². The molecule has 0 aromatic heterocycles. The number of benzene rings is 1. The summed E-state index contributed by atoms with van der Waals surface area (Å²) in [6.45, 7) is 3.65. The van der Waals surface area contributed by atoms with Crippen LogP contribution in [0, 0.1) is 12.7 Å². The molecule has 19 heavy (non-hydrogen) atoms. The maximum absolute atomic E-state index is 13.1. The largest absolute Gasteiger partial charge is 0.393 e. The van der Waals surface area contributed by atoms with Crippen molar-refractivity contribution in [3.8, 4) is 0 Å². The first-order chi connectivity index (χ1) is 8.82. The number of halogens is 1. The molecule has 1 aliphatic heterocycles. The highest BCUT2D eigenvalue weighted by Crippen LogP contribution is 2.27. The highest BCUT2D eigenvalue weighted by Gasteiger charge is 2.34. The van der Waals surface area contributed by atoms with Gasteiger partial charge < -0.3 is 5.11 Å². The Kier molecular flexibility index (Phi) is 3.94. The Balaban J connectivity index is 2.37. The third-order valence-corrected chi connectivity index (χ3v) is 5.68. The summed E-state index contributed by atoms with van der Waals surface area (Å²) >= 11 is 0. The van der Waals surface area contributed by atoms with E-state index in [2.05, 4.69) is 0 Å². The van der Waals surface area contributed by atoms with Gasteiger partial charge in [-0.2, -0.15) is 4.31 Å². The van der Waals surface area contributed by atoms with Crippen LogP contribution >= 0.6 is 0 Å². The topological polar surface area (TPSA) is 57.6 Å². The van der Waals surface area contributed by atoms with Crippen molar-refractivity contribution >= 4 is 10.0 Å². The standard InChI is InChI=1S/C13H18FNO3S/c1-9-7-11(14)3-4-13(9)19(17,18)15-6-5-12(16)8-10(15)2/h3-4,7,10,12,16H,5-6,8H2,1-2H3. The lowest BCUT2D eigenvalue weighted by molar-refractivity contribution is 0.0867. The molecule has 1 heterocycles. The van der Waals surface area contributed by atoms with Crippen LogP contribution in [-0.2, 0) is 10.0 Å². The molecule has 0 aliphatic carbocycles. The number of aryl methyl sites for hydroxylation is 1. The van der Waals surface area contributed by atoms with E-state index in [9.17, 15) is 17.9 Å². The maximum atomic E-state index is 13.1. The van der Waals surface area contributed by atoms with Gasteiger partial charge in [0.1, 0.15) is 5.82 Å². The molecule has 0 saturated carbocycles. The molecule has 106 valence electrons. The monoisotopic (exact) mass is 287 g/mol. The molecule has 0 spiro atoms.